The summed E-state index contributed by atoms with van der Waals surface area (Å²) in [5.74, 6) is 0.00908. The van der Waals surface area contributed by atoms with Crippen LogP contribution in [0.1, 0.15) is 35.2 Å². The summed E-state index contributed by atoms with van der Waals surface area (Å²) in [6, 6.07) is 23.5. The molecule has 34 heavy (non-hydrogen) atoms. The van der Waals surface area contributed by atoms with Crippen LogP contribution in [-0.4, -0.2) is 20.7 Å². The second-order valence-corrected chi connectivity index (χ2v) is 8.37. The summed E-state index contributed by atoms with van der Waals surface area (Å²) in [6.45, 7) is 0. The van der Waals surface area contributed by atoms with E-state index in [-0.39, 0.29) is 29.8 Å². The fourth-order valence-corrected chi connectivity index (χ4v) is 4.30. The Morgan fingerprint density at radius 1 is 1.06 bits per heavy atom. The number of rotatable bonds is 5. The van der Waals surface area contributed by atoms with Crippen LogP contribution < -0.4 is 10.6 Å². The first-order valence-corrected chi connectivity index (χ1v) is 11.2. The molecule has 8 heteroatoms. The first-order chi connectivity index (χ1) is 16.6. The summed E-state index contributed by atoms with van der Waals surface area (Å²) in [7, 11) is 0. The molecule has 2 N–H and O–H groups in total. The average Bonchev–Trinajstić information content (AvgIpc) is 3.26. The van der Waals surface area contributed by atoms with E-state index in [2.05, 4.69) is 32.8 Å². The Morgan fingerprint density at radius 2 is 1.79 bits per heavy atom. The fourth-order valence-electron chi connectivity index (χ4n) is 4.04. The molecule has 2 heterocycles. The fraction of sp³-hybridized carbons (Fsp3) is 0.115. The zero-order valence-corrected chi connectivity index (χ0v) is 18.8. The molecule has 2 atom stereocenters. The van der Waals surface area contributed by atoms with Crippen molar-refractivity contribution in [1.29, 1.82) is 0 Å². The molecule has 170 valence electrons. The molecular weight excluding hydrogens is 453 g/mol. The van der Waals surface area contributed by atoms with Gasteiger partial charge in [0, 0.05) is 11.1 Å². The number of carbonyl (C=O) groups excluding carboxylic acids is 1. The minimum atomic E-state index is -0.388. The number of anilines is 2. The first-order valence-electron chi connectivity index (χ1n) is 10.8. The lowest BCUT2D eigenvalue weighted by Crippen LogP contribution is -2.28. The van der Waals surface area contributed by atoms with E-state index >= 15 is 0 Å². The number of hydrogen-bond acceptors (Lipinski definition) is 4. The summed E-state index contributed by atoms with van der Waals surface area (Å²) in [5.41, 5.74) is 2.77. The van der Waals surface area contributed by atoms with Crippen LogP contribution in [0.3, 0.4) is 0 Å². The van der Waals surface area contributed by atoms with Gasteiger partial charge in [-0.25, -0.2) is 9.07 Å². The third kappa shape index (κ3) is 4.70. The number of nitrogens with one attached hydrogen (secondary N) is 2. The molecule has 1 aromatic heterocycles. The molecule has 4 aromatic rings. The zero-order chi connectivity index (χ0) is 23.5. The molecule has 0 aliphatic carbocycles. The van der Waals surface area contributed by atoms with E-state index in [1.165, 1.54) is 18.2 Å². The van der Waals surface area contributed by atoms with Crippen LogP contribution in [0.4, 0.5) is 16.3 Å². The summed E-state index contributed by atoms with van der Waals surface area (Å²) in [6.07, 6.45) is 3.67. The lowest BCUT2D eigenvalue weighted by atomic mass is 9.93. The van der Waals surface area contributed by atoms with Crippen LogP contribution in [0, 0.1) is 5.82 Å². The molecule has 5 rings (SSSR count). The highest BCUT2D eigenvalue weighted by Crippen LogP contribution is 2.40. The van der Waals surface area contributed by atoms with E-state index in [4.69, 9.17) is 11.6 Å². The molecule has 0 spiro atoms. The summed E-state index contributed by atoms with van der Waals surface area (Å²) < 4.78 is 14.8. The Labute approximate surface area is 201 Å². The Kier molecular flexibility index (Phi) is 6.10. The monoisotopic (exact) mass is 473 g/mol. The zero-order valence-electron chi connectivity index (χ0n) is 18.0. The van der Waals surface area contributed by atoms with E-state index in [1.807, 2.05) is 42.5 Å². The van der Waals surface area contributed by atoms with Gasteiger partial charge in [0.2, 0.25) is 5.95 Å². The maximum Gasteiger partial charge on any atom is 0.250 e. The number of carbonyl (C=O) groups is 1. The van der Waals surface area contributed by atoms with Crippen molar-refractivity contribution in [3.05, 3.63) is 112 Å². The highest BCUT2D eigenvalue weighted by molar-refractivity contribution is 6.31. The van der Waals surface area contributed by atoms with Gasteiger partial charge in [0.1, 0.15) is 5.82 Å². The molecule has 0 saturated carbocycles. The maximum absolute atomic E-state index is 13.1. The van der Waals surface area contributed by atoms with Gasteiger partial charge >= 0.3 is 0 Å². The first kappa shape index (κ1) is 21.9. The van der Waals surface area contributed by atoms with Gasteiger partial charge in [-0.2, -0.15) is 4.98 Å². The average molecular weight is 474 g/mol. The summed E-state index contributed by atoms with van der Waals surface area (Å²) in [4.78, 5) is 17.0. The van der Waals surface area contributed by atoms with Crippen LogP contribution in [0.25, 0.3) is 6.08 Å². The van der Waals surface area contributed by atoms with Gasteiger partial charge in [-0.05, 0) is 47.4 Å². The molecule has 0 bridgehead atoms. The lowest BCUT2D eigenvalue weighted by molar-refractivity contribution is -0.111. The second kappa shape index (κ2) is 9.49. The smallest absolute Gasteiger partial charge is 0.250 e. The standard InChI is InChI=1S/C26H21ClFN5O/c27-21-9-5-4-8-20(21)23-16-22(18-6-2-1-3-7-18)29-26-31-25(32-33(23)26)30-24(34)15-12-17-10-13-19(28)14-11-17/h1-15,22-23H,16H2,(H2,29,30,31,32,34)/b15-12+. The minimum absolute atomic E-state index is 0.00102. The van der Waals surface area contributed by atoms with E-state index in [9.17, 15) is 9.18 Å². The number of hydrogen-bond donors (Lipinski definition) is 2. The maximum atomic E-state index is 13.1. The van der Waals surface area contributed by atoms with Gasteiger partial charge in [-0.3, -0.25) is 10.1 Å². The Hall–Kier alpha value is -3.97. The van der Waals surface area contributed by atoms with E-state index < -0.39 is 0 Å². The SMILES string of the molecule is O=C(/C=C/c1ccc(F)cc1)Nc1nc2n(n1)C(c1ccccc1Cl)CC(c1ccccc1)N2. The largest absolute Gasteiger partial charge is 0.347 e. The number of halogens is 2. The number of fused-ring (bicyclic) bond motifs is 1. The van der Waals surface area contributed by atoms with Gasteiger partial charge in [0.15, 0.2) is 0 Å². The van der Waals surface area contributed by atoms with Crippen molar-refractivity contribution in [3.8, 4) is 0 Å². The van der Waals surface area contributed by atoms with Crippen LogP contribution >= 0.6 is 11.6 Å². The highest BCUT2D eigenvalue weighted by Gasteiger charge is 2.32. The summed E-state index contributed by atoms with van der Waals surface area (Å²) in [5, 5.41) is 11.3. The van der Waals surface area contributed by atoms with Crippen molar-refractivity contribution in [2.24, 2.45) is 0 Å². The third-order valence-electron chi connectivity index (χ3n) is 5.69. The van der Waals surface area contributed by atoms with Crippen LogP contribution in [0.2, 0.25) is 5.02 Å². The quantitative estimate of drug-likeness (QED) is 0.356. The van der Waals surface area contributed by atoms with Gasteiger partial charge in [-0.1, -0.05) is 72.3 Å². The molecule has 1 amide bonds. The van der Waals surface area contributed by atoms with Crippen molar-refractivity contribution in [3.63, 3.8) is 0 Å². The number of amides is 1. The number of aromatic nitrogens is 3. The summed E-state index contributed by atoms with van der Waals surface area (Å²) >= 11 is 6.53. The molecule has 1 aliphatic heterocycles. The Morgan fingerprint density at radius 3 is 2.56 bits per heavy atom. The van der Waals surface area contributed by atoms with E-state index in [0.717, 1.165) is 11.1 Å². The van der Waals surface area contributed by atoms with E-state index in [1.54, 1.807) is 22.9 Å². The predicted octanol–water partition coefficient (Wildman–Crippen LogP) is 5.87. The van der Waals surface area contributed by atoms with Gasteiger partial charge < -0.3 is 5.32 Å². The normalized spacial score (nSPS) is 17.2. The molecule has 6 nitrogen and oxygen atoms in total. The molecule has 3 aromatic carbocycles. The Balaban J connectivity index is 1.42. The molecule has 0 radical (unpaired) electrons. The molecule has 0 fully saturated rings. The lowest BCUT2D eigenvalue weighted by Gasteiger charge is -2.32. The second-order valence-electron chi connectivity index (χ2n) is 7.96. The van der Waals surface area contributed by atoms with Gasteiger partial charge in [-0.15, -0.1) is 5.10 Å². The van der Waals surface area contributed by atoms with Crippen molar-refractivity contribution in [1.82, 2.24) is 14.8 Å². The van der Waals surface area contributed by atoms with Crippen molar-refractivity contribution >= 4 is 35.5 Å². The van der Waals surface area contributed by atoms with Crippen molar-refractivity contribution in [2.45, 2.75) is 18.5 Å². The molecule has 1 aliphatic rings. The topological polar surface area (TPSA) is 71.8 Å². The molecule has 0 saturated heterocycles. The van der Waals surface area contributed by atoms with Crippen LogP contribution in [0.15, 0.2) is 84.9 Å². The number of benzene rings is 3. The minimum Gasteiger partial charge on any atom is -0.347 e. The van der Waals surface area contributed by atoms with Gasteiger partial charge in [0.05, 0.1) is 12.1 Å². The number of nitrogens with zero attached hydrogens (tertiary/aromatic N) is 3. The Bertz CT molecular complexity index is 1340. The third-order valence-corrected chi connectivity index (χ3v) is 6.03. The van der Waals surface area contributed by atoms with Crippen LogP contribution in [0.5, 0.6) is 0 Å². The van der Waals surface area contributed by atoms with Gasteiger partial charge in [0.25, 0.3) is 11.9 Å². The predicted molar refractivity (Wildman–Crippen MR) is 131 cm³/mol. The van der Waals surface area contributed by atoms with Crippen molar-refractivity contribution < 1.29 is 9.18 Å². The van der Waals surface area contributed by atoms with E-state index in [0.29, 0.717) is 23.0 Å². The van der Waals surface area contributed by atoms with Crippen molar-refractivity contribution in [2.75, 3.05) is 10.6 Å². The molecule has 2 unspecified atom stereocenters. The molecular formula is C26H21ClFN5O. The highest BCUT2D eigenvalue weighted by atomic mass is 35.5. The van der Waals surface area contributed by atoms with Crippen LogP contribution in [-0.2, 0) is 4.79 Å².